The van der Waals surface area contributed by atoms with Gasteiger partial charge in [0.1, 0.15) is 0 Å². The van der Waals surface area contributed by atoms with Crippen LogP contribution in [0.2, 0.25) is 0 Å². The van der Waals surface area contributed by atoms with E-state index in [9.17, 15) is 9.59 Å². The maximum atomic E-state index is 11.6. The molecular formula is C12H14O4. The summed E-state index contributed by atoms with van der Waals surface area (Å²) < 4.78 is 9.47. The molecule has 0 fully saturated rings. The normalized spacial score (nSPS) is 9.69. The second-order valence-electron chi connectivity index (χ2n) is 3.24. The van der Waals surface area contributed by atoms with Gasteiger partial charge < -0.3 is 9.47 Å². The standard InChI is InChI=1S/C12H14O4/c1-4-16-12(14)10-7-9(11(13)15-3)6-5-8(10)2/h5-7H,4H2,1-3H3. The van der Waals surface area contributed by atoms with Crippen molar-refractivity contribution in [2.24, 2.45) is 0 Å². The van der Waals surface area contributed by atoms with Gasteiger partial charge in [0, 0.05) is 0 Å². The van der Waals surface area contributed by atoms with E-state index < -0.39 is 11.9 Å². The highest BCUT2D eigenvalue weighted by atomic mass is 16.5. The van der Waals surface area contributed by atoms with E-state index in [4.69, 9.17) is 4.74 Å². The number of rotatable bonds is 3. The van der Waals surface area contributed by atoms with Crippen LogP contribution in [0.1, 0.15) is 33.2 Å². The molecule has 4 heteroatoms. The topological polar surface area (TPSA) is 52.6 Å². The molecule has 1 rings (SSSR count). The number of ether oxygens (including phenoxy) is 2. The van der Waals surface area contributed by atoms with Crippen molar-refractivity contribution in [3.63, 3.8) is 0 Å². The Labute approximate surface area is 94.2 Å². The fourth-order valence-corrected chi connectivity index (χ4v) is 1.30. The van der Waals surface area contributed by atoms with Gasteiger partial charge in [-0.3, -0.25) is 0 Å². The lowest BCUT2D eigenvalue weighted by Crippen LogP contribution is -2.09. The molecule has 1 aromatic rings. The smallest absolute Gasteiger partial charge is 0.338 e. The summed E-state index contributed by atoms with van der Waals surface area (Å²) >= 11 is 0. The molecule has 0 saturated heterocycles. The first-order valence-electron chi connectivity index (χ1n) is 4.96. The molecule has 0 heterocycles. The predicted octanol–water partition coefficient (Wildman–Crippen LogP) is 1.96. The second kappa shape index (κ2) is 5.30. The summed E-state index contributed by atoms with van der Waals surface area (Å²) in [6, 6.07) is 4.79. The van der Waals surface area contributed by atoms with Crippen LogP contribution >= 0.6 is 0 Å². The van der Waals surface area contributed by atoms with Crippen molar-refractivity contribution in [3.8, 4) is 0 Å². The third kappa shape index (κ3) is 2.59. The average molecular weight is 222 g/mol. The van der Waals surface area contributed by atoms with Crippen molar-refractivity contribution < 1.29 is 19.1 Å². The molecule has 0 aliphatic rings. The quantitative estimate of drug-likeness (QED) is 0.733. The Morgan fingerprint density at radius 1 is 1.25 bits per heavy atom. The predicted molar refractivity (Wildman–Crippen MR) is 58.5 cm³/mol. The van der Waals surface area contributed by atoms with E-state index in [0.717, 1.165) is 5.56 Å². The number of benzene rings is 1. The zero-order chi connectivity index (χ0) is 12.1. The minimum Gasteiger partial charge on any atom is -0.465 e. The maximum Gasteiger partial charge on any atom is 0.338 e. The van der Waals surface area contributed by atoms with Crippen LogP contribution in [0, 0.1) is 6.92 Å². The van der Waals surface area contributed by atoms with Gasteiger partial charge in [0.2, 0.25) is 0 Å². The number of methoxy groups -OCH3 is 1. The number of carbonyl (C=O) groups excluding carboxylic acids is 2. The van der Waals surface area contributed by atoms with E-state index in [0.29, 0.717) is 17.7 Å². The molecule has 16 heavy (non-hydrogen) atoms. The maximum absolute atomic E-state index is 11.6. The van der Waals surface area contributed by atoms with E-state index in [1.807, 2.05) is 0 Å². The highest BCUT2D eigenvalue weighted by Crippen LogP contribution is 2.13. The third-order valence-electron chi connectivity index (χ3n) is 2.15. The zero-order valence-corrected chi connectivity index (χ0v) is 9.57. The summed E-state index contributed by atoms with van der Waals surface area (Å²) in [6.07, 6.45) is 0. The molecule has 86 valence electrons. The van der Waals surface area contributed by atoms with Crippen LogP contribution in [0.3, 0.4) is 0 Å². The highest BCUT2D eigenvalue weighted by Gasteiger charge is 2.13. The Morgan fingerprint density at radius 2 is 1.94 bits per heavy atom. The minimum atomic E-state index is -0.467. The van der Waals surface area contributed by atoms with Crippen molar-refractivity contribution >= 4 is 11.9 Å². The van der Waals surface area contributed by atoms with Crippen LogP contribution in [0.15, 0.2) is 18.2 Å². The molecule has 0 amide bonds. The SMILES string of the molecule is CCOC(=O)c1cc(C(=O)OC)ccc1C. The second-order valence-corrected chi connectivity index (χ2v) is 3.24. The highest BCUT2D eigenvalue weighted by molar-refractivity contribution is 5.96. The Morgan fingerprint density at radius 3 is 2.50 bits per heavy atom. The van der Waals surface area contributed by atoms with Crippen LogP contribution in [0.4, 0.5) is 0 Å². The summed E-state index contributed by atoms with van der Waals surface area (Å²) in [4.78, 5) is 22.8. The molecule has 0 aliphatic carbocycles. The number of carbonyl (C=O) groups is 2. The van der Waals surface area contributed by atoms with Gasteiger partial charge in [-0.25, -0.2) is 9.59 Å². The molecule has 0 spiro atoms. The molecule has 1 aromatic carbocycles. The van der Waals surface area contributed by atoms with Crippen molar-refractivity contribution in [1.82, 2.24) is 0 Å². The van der Waals surface area contributed by atoms with Gasteiger partial charge in [0.15, 0.2) is 0 Å². The monoisotopic (exact) mass is 222 g/mol. The molecule has 0 aromatic heterocycles. The van der Waals surface area contributed by atoms with Crippen LogP contribution in [-0.2, 0) is 9.47 Å². The van der Waals surface area contributed by atoms with Gasteiger partial charge in [0.25, 0.3) is 0 Å². The van der Waals surface area contributed by atoms with E-state index in [-0.39, 0.29) is 0 Å². The van der Waals surface area contributed by atoms with Gasteiger partial charge in [0.05, 0.1) is 24.8 Å². The Bertz CT molecular complexity index is 409. The van der Waals surface area contributed by atoms with Crippen molar-refractivity contribution in [2.75, 3.05) is 13.7 Å². The molecule has 0 aliphatic heterocycles. The van der Waals surface area contributed by atoms with Crippen LogP contribution < -0.4 is 0 Å². The van der Waals surface area contributed by atoms with Gasteiger partial charge in [-0.15, -0.1) is 0 Å². The molecule has 0 saturated carbocycles. The summed E-state index contributed by atoms with van der Waals surface area (Å²) in [5.41, 5.74) is 1.51. The summed E-state index contributed by atoms with van der Waals surface area (Å²) in [6.45, 7) is 3.82. The number of esters is 2. The van der Waals surface area contributed by atoms with Crippen LogP contribution in [0.25, 0.3) is 0 Å². The lowest BCUT2D eigenvalue weighted by molar-refractivity contribution is 0.0525. The van der Waals surface area contributed by atoms with Crippen LogP contribution in [-0.4, -0.2) is 25.7 Å². The van der Waals surface area contributed by atoms with E-state index in [2.05, 4.69) is 4.74 Å². The van der Waals surface area contributed by atoms with Gasteiger partial charge in [-0.1, -0.05) is 6.07 Å². The number of aryl methyl sites for hydroxylation is 1. The molecule has 0 radical (unpaired) electrons. The number of hydrogen-bond acceptors (Lipinski definition) is 4. The lowest BCUT2D eigenvalue weighted by atomic mass is 10.1. The van der Waals surface area contributed by atoms with Gasteiger partial charge in [-0.2, -0.15) is 0 Å². The fraction of sp³-hybridized carbons (Fsp3) is 0.333. The first-order chi connectivity index (χ1) is 7.60. The third-order valence-corrected chi connectivity index (χ3v) is 2.15. The Balaban J connectivity index is 3.08. The zero-order valence-electron chi connectivity index (χ0n) is 9.57. The van der Waals surface area contributed by atoms with E-state index in [1.165, 1.54) is 13.2 Å². The van der Waals surface area contributed by atoms with Gasteiger partial charge >= 0.3 is 11.9 Å². The first-order valence-corrected chi connectivity index (χ1v) is 4.96. The first kappa shape index (κ1) is 12.2. The van der Waals surface area contributed by atoms with Crippen molar-refractivity contribution in [1.29, 1.82) is 0 Å². The number of hydrogen-bond donors (Lipinski definition) is 0. The molecule has 0 bridgehead atoms. The summed E-state index contributed by atoms with van der Waals surface area (Å²) in [5.74, 6) is -0.892. The van der Waals surface area contributed by atoms with E-state index in [1.54, 1.807) is 26.0 Å². The fourth-order valence-electron chi connectivity index (χ4n) is 1.30. The summed E-state index contributed by atoms with van der Waals surface area (Å²) in [7, 11) is 1.30. The van der Waals surface area contributed by atoms with Gasteiger partial charge in [-0.05, 0) is 31.5 Å². The molecule has 0 N–H and O–H groups in total. The molecule has 0 unspecified atom stereocenters. The Hall–Kier alpha value is -1.84. The minimum absolute atomic E-state index is 0.306. The molecule has 4 nitrogen and oxygen atoms in total. The summed E-state index contributed by atoms with van der Waals surface area (Å²) in [5, 5.41) is 0. The van der Waals surface area contributed by atoms with Crippen molar-refractivity contribution in [2.45, 2.75) is 13.8 Å². The van der Waals surface area contributed by atoms with E-state index >= 15 is 0 Å². The largest absolute Gasteiger partial charge is 0.465 e. The Kier molecular flexibility index (Phi) is 4.05. The molecular weight excluding hydrogens is 208 g/mol. The van der Waals surface area contributed by atoms with Crippen LogP contribution in [0.5, 0.6) is 0 Å². The molecule has 0 atom stereocenters. The lowest BCUT2D eigenvalue weighted by Gasteiger charge is -2.07. The van der Waals surface area contributed by atoms with Crippen molar-refractivity contribution in [3.05, 3.63) is 34.9 Å². The average Bonchev–Trinajstić information content (AvgIpc) is 2.29.